The summed E-state index contributed by atoms with van der Waals surface area (Å²) in [6.45, 7) is 2.56. The Bertz CT molecular complexity index is 428. The Kier molecular flexibility index (Phi) is 5.15. The number of urea groups is 1. The van der Waals surface area contributed by atoms with Crippen molar-refractivity contribution >= 4 is 34.5 Å². The first-order valence-electron chi connectivity index (χ1n) is 5.03. The molecule has 0 aliphatic rings. The van der Waals surface area contributed by atoms with Crippen molar-refractivity contribution < 1.29 is 14.7 Å². The number of hydrogen-bond donors (Lipinski definition) is 3. The summed E-state index contributed by atoms with van der Waals surface area (Å²) in [7, 11) is 0. The van der Waals surface area contributed by atoms with Crippen molar-refractivity contribution in [2.75, 3.05) is 11.9 Å². The second-order valence-electron chi connectivity index (χ2n) is 3.12. The SMILES string of the molecule is CCCNC(=O)Nc1ncc(C=CC(=O)O)s1. The van der Waals surface area contributed by atoms with Crippen molar-refractivity contribution in [2.24, 2.45) is 0 Å². The number of aromatic nitrogens is 1. The summed E-state index contributed by atoms with van der Waals surface area (Å²) in [5.41, 5.74) is 0. The molecule has 0 aliphatic heterocycles. The number of rotatable bonds is 5. The van der Waals surface area contributed by atoms with Crippen molar-refractivity contribution in [3.05, 3.63) is 17.2 Å². The van der Waals surface area contributed by atoms with Gasteiger partial charge in [0.25, 0.3) is 0 Å². The molecule has 0 aliphatic carbocycles. The van der Waals surface area contributed by atoms with Crippen LogP contribution >= 0.6 is 11.3 Å². The second kappa shape index (κ2) is 6.64. The molecule has 92 valence electrons. The van der Waals surface area contributed by atoms with E-state index < -0.39 is 5.97 Å². The van der Waals surface area contributed by atoms with E-state index in [1.807, 2.05) is 6.92 Å². The maximum absolute atomic E-state index is 11.3. The molecule has 0 atom stereocenters. The van der Waals surface area contributed by atoms with Crippen LogP contribution in [0.3, 0.4) is 0 Å². The van der Waals surface area contributed by atoms with Crippen LogP contribution in [0, 0.1) is 0 Å². The van der Waals surface area contributed by atoms with Crippen LogP contribution in [0.15, 0.2) is 12.3 Å². The number of nitrogens with zero attached hydrogens (tertiary/aromatic N) is 1. The molecule has 0 saturated carbocycles. The topological polar surface area (TPSA) is 91.3 Å². The third kappa shape index (κ3) is 5.12. The number of thiazole rings is 1. The molecule has 1 aromatic rings. The number of carboxylic acids is 1. The average molecular weight is 255 g/mol. The summed E-state index contributed by atoms with van der Waals surface area (Å²) in [5, 5.41) is 14.1. The van der Waals surface area contributed by atoms with Crippen LogP contribution in [0.1, 0.15) is 18.2 Å². The van der Waals surface area contributed by atoms with Crippen LogP contribution in [0.25, 0.3) is 6.08 Å². The first-order chi connectivity index (χ1) is 8.11. The van der Waals surface area contributed by atoms with Crippen LogP contribution in [0.2, 0.25) is 0 Å². The van der Waals surface area contributed by atoms with Gasteiger partial charge in [-0.05, 0) is 12.5 Å². The number of amides is 2. The Hall–Kier alpha value is -1.89. The lowest BCUT2D eigenvalue weighted by Crippen LogP contribution is -2.29. The van der Waals surface area contributed by atoms with Gasteiger partial charge in [0, 0.05) is 23.7 Å². The number of carboxylic acid groups (broad SMARTS) is 1. The molecule has 0 radical (unpaired) electrons. The van der Waals surface area contributed by atoms with Gasteiger partial charge in [0.05, 0.1) is 0 Å². The lowest BCUT2D eigenvalue weighted by molar-refractivity contribution is -0.131. The van der Waals surface area contributed by atoms with E-state index in [1.165, 1.54) is 23.6 Å². The van der Waals surface area contributed by atoms with E-state index in [0.29, 0.717) is 16.6 Å². The molecule has 0 aromatic carbocycles. The van der Waals surface area contributed by atoms with Crippen LogP contribution in [-0.2, 0) is 4.79 Å². The number of aliphatic carboxylic acids is 1. The lowest BCUT2D eigenvalue weighted by Gasteiger charge is -2.02. The molecule has 2 amide bonds. The third-order valence-corrected chi connectivity index (χ3v) is 2.55. The standard InChI is InChI=1S/C10H13N3O3S/c1-2-5-11-9(16)13-10-12-6-7(17-10)3-4-8(14)15/h3-4,6H,2,5H2,1H3,(H,14,15)(H2,11,12,13,16). The van der Waals surface area contributed by atoms with E-state index in [-0.39, 0.29) is 6.03 Å². The average Bonchev–Trinajstić information content (AvgIpc) is 2.71. The van der Waals surface area contributed by atoms with Crippen molar-refractivity contribution in [1.82, 2.24) is 10.3 Å². The van der Waals surface area contributed by atoms with Gasteiger partial charge in [-0.1, -0.05) is 18.3 Å². The summed E-state index contributed by atoms with van der Waals surface area (Å²) in [4.78, 5) is 26.2. The molecule has 1 aromatic heterocycles. The van der Waals surface area contributed by atoms with Gasteiger partial charge in [-0.15, -0.1) is 0 Å². The van der Waals surface area contributed by atoms with E-state index in [1.54, 1.807) is 0 Å². The fraction of sp³-hybridized carbons (Fsp3) is 0.300. The van der Waals surface area contributed by atoms with Crippen molar-refractivity contribution in [2.45, 2.75) is 13.3 Å². The highest BCUT2D eigenvalue weighted by atomic mass is 32.1. The Labute approximate surface area is 102 Å². The van der Waals surface area contributed by atoms with Crippen molar-refractivity contribution in [3.63, 3.8) is 0 Å². The highest BCUT2D eigenvalue weighted by Gasteiger charge is 2.04. The summed E-state index contributed by atoms with van der Waals surface area (Å²) in [5.74, 6) is -1.02. The van der Waals surface area contributed by atoms with Crippen LogP contribution in [-0.4, -0.2) is 28.6 Å². The highest BCUT2D eigenvalue weighted by Crippen LogP contribution is 2.18. The predicted octanol–water partition coefficient (Wildman–Crippen LogP) is 1.77. The van der Waals surface area contributed by atoms with E-state index in [0.717, 1.165) is 12.5 Å². The van der Waals surface area contributed by atoms with E-state index in [4.69, 9.17) is 5.11 Å². The number of carbonyl (C=O) groups excluding carboxylic acids is 1. The highest BCUT2D eigenvalue weighted by molar-refractivity contribution is 7.16. The molecule has 17 heavy (non-hydrogen) atoms. The van der Waals surface area contributed by atoms with Gasteiger partial charge >= 0.3 is 12.0 Å². The summed E-state index contributed by atoms with van der Waals surface area (Å²) >= 11 is 1.20. The maximum Gasteiger partial charge on any atom is 0.328 e. The summed E-state index contributed by atoms with van der Waals surface area (Å²) in [6.07, 6.45) is 4.81. The summed E-state index contributed by atoms with van der Waals surface area (Å²) in [6, 6.07) is -0.310. The molecule has 7 heteroatoms. The first kappa shape index (κ1) is 13.2. The maximum atomic E-state index is 11.3. The molecule has 0 unspecified atom stereocenters. The van der Waals surface area contributed by atoms with Crippen molar-refractivity contribution in [3.8, 4) is 0 Å². The van der Waals surface area contributed by atoms with Gasteiger partial charge in [0.2, 0.25) is 0 Å². The minimum Gasteiger partial charge on any atom is -0.478 e. The third-order valence-electron chi connectivity index (χ3n) is 1.67. The van der Waals surface area contributed by atoms with Crippen LogP contribution < -0.4 is 10.6 Å². The van der Waals surface area contributed by atoms with E-state index in [2.05, 4.69) is 15.6 Å². The van der Waals surface area contributed by atoms with Crippen molar-refractivity contribution in [1.29, 1.82) is 0 Å². The minimum absolute atomic E-state index is 0.310. The summed E-state index contributed by atoms with van der Waals surface area (Å²) < 4.78 is 0. The Morgan fingerprint density at radius 1 is 1.59 bits per heavy atom. The molecule has 3 N–H and O–H groups in total. The lowest BCUT2D eigenvalue weighted by atomic mass is 10.4. The number of hydrogen-bond acceptors (Lipinski definition) is 4. The van der Waals surface area contributed by atoms with E-state index in [9.17, 15) is 9.59 Å². The smallest absolute Gasteiger partial charge is 0.328 e. The van der Waals surface area contributed by atoms with Gasteiger partial charge in [-0.25, -0.2) is 14.6 Å². The minimum atomic E-state index is -1.02. The Morgan fingerprint density at radius 3 is 3.00 bits per heavy atom. The molecule has 0 saturated heterocycles. The number of nitrogens with one attached hydrogen (secondary N) is 2. The molecular formula is C10H13N3O3S. The molecular weight excluding hydrogens is 242 g/mol. The van der Waals surface area contributed by atoms with Gasteiger partial charge in [0.15, 0.2) is 5.13 Å². The molecule has 0 fully saturated rings. The van der Waals surface area contributed by atoms with E-state index >= 15 is 0 Å². The molecule has 0 bridgehead atoms. The Morgan fingerprint density at radius 2 is 2.35 bits per heavy atom. The zero-order valence-electron chi connectivity index (χ0n) is 9.27. The molecule has 0 spiro atoms. The predicted molar refractivity (Wildman–Crippen MR) is 66.1 cm³/mol. The zero-order chi connectivity index (χ0) is 12.7. The van der Waals surface area contributed by atoms with Gasteiger partial charge in [-0.3, -0.25) is 5.32 Å². The quantitative estimate of drug-likeness (QED) is 0.699. The van der Waals surface area contributed by atoms with Crippen LogP contribution in [0.4, 0.5) is 9.93 Å². The van der Waals surface area contributed by atoms with Gasteiger partial charge in [0.1, 0.15) is 0 Å². The monoisotopic (exact) mass is 255 g/mol. The normalized spacial score (nSPS) is 10.4. The molecule has 6 nitrogen and oxygen atoms in total. The van der Waals surface area contributed by atoms with Gasteiger partial charge < -0.3 is 10.4 Å². The number of anilines is 1. The fourth-order valence-electron chi connectivity index (χ4n) is 0.955. The largest absolute Gasteiger partial charge is 0.478 e. The van der Waals surface area contributed by atoms with Gasteiger partial charge in [-0.2, -0.15) is 0 Å². The first-order valence-corrected chi connectivity index (χ1v) is 5.85. The molecule has 1 rings (SSSR count). The fourth-order valence-corrected chi connectivity index (χ4v) is 1.67. The number of carbonyl (C=O) groups is 2. The molecule has 1 heterocycles. The second-order valence-corrected chi connectivity index (χ2v) is 4.18. The Balaban J connectivity index is 2.51. The zero-order valence-corrected chi connectivity index (χ0v) is 10.1. The van der Waals surface area contributed by atoms with Crippen LogP contribution in [0.5, 0.6) is 0 Å².